The fraction of sp³-hybridized carbons (Fsp3) is 0.632. The molecule has 2 N–H and O–H groups in total. The Morgan fingerprint density at radius 2 is 1.33 bits per heavy atom. The zero-order chi connectivity index (χ0) is 34.1. The molecule has 3 aliphatic rings. The molecule has 11 heteroatoms. The van der Waals surface area contributed by atoms with Crippen LogP contribution in [-0.2, 0) is 44.6 Å². The lowest BCUT2D eigenvalue weighted by Crippen LogP contribution is -2.64. The van der Waals surface area contributed by atoms with Crippen molar-refractivity contribution in [3.63, 3.8) is 0 Å². The fourth-order valence-corrected chi connectivity index (χ4v) is 6.56. The molecule has 5 rings (SSSR count). The normalized spacial score (nSPS) is 27.5. The fourth-order valence-electron chi connectivity index (χ4n) is 6.56. The van der Waals surface area contributed by atoms with Crippen LogP contribution in [0.5, 0.6) is 0 Å². The second kappa shape index (κ2) is 20.7. The Morgan fingerprint density at radius 3 is 2.00 bits per heavy atom. The van der Waals surface area contributed by atoms with E-state index in [-0.39, 0.29) is 51.2 Å². The van der Waals surface area contributed by atoms with Crippen LogP contribution in [-0.4, -0.2) is 100 Å². The van der Waals surface area contributed by atoms with E-state index in [9.17, 15) is 9.59 Å². The van der Waals surface area contributed by atoms with E-state index in [1.54, 1.807) is 0 Å². The van der Waals surface area contributed by atoms with Gasteiger partial charge in [0.15, 0.2) is 12.6 Å². The summed E-state index contributed by atoms with van der Waals surface area (Å²) < 4.78 is 38.4. The Kier molecular flexibility index (Phi) is 15.8. The SMILES string of the molecule is CCCCCCCCCCO[C@@H]1O[C@@H]2COC(c3ccccc3)O[C@@H]2[C@@H]2OCCNC(=O)CN(Cc3ccccc3)CC(=O)NCCO[C@@H]12. The van der Waals surface area contributed by atoms with Gasteiger partial charge in [0.2, 0.25) is 11.8 Å². The van der Waals surface area contributed by atoms with Gasteiger partial charge in [-0.05, 0) is 12.0 Å². The van der Waals surface area contributed by atoms with E-state index >= 15 is 0 Å². The van der Waals surface area contributed by atoms with Crippen LogP contribution in [0.2, 0.25) is 0 Å². The van der Waals surface area contributed by atoms with Gasteiger partial charge in [-0.2, -0.15) is 0 Å². The Balaban J connectivity index is 1.25. The van der Waals surface area contributed by atoms with Crippen molar-refractivity contribution in [2.24, 2.45) is 0 Å². The molecule has 6 atom stereocenters. The number of hydrogen-bond donors (Lipinski definition) is 2. The van der Waals surface area contributed by atoms with Gasteiger partial charge in [-0.3, -0.25) is 14.5 Å². The summed E-state index contributed by atoms with van der Waals surface area (Å²) in [6.07, 6.45) is 6.16. The van der Waals surface area contributed by atoms with Gasteiger partial charge in [-0.25, -0.2) is 0 Å². The molecule has 2 aromatic carbocycles. The minimum atomic E-state index is -0.710. The van der Waals surface area contributed by atoms with Crippen LogP contribution in [0.4, 0.5) is 0 Å². The van der Waals surface area contributed by atoms with E-state index in [0.29, 0.717) is 19.8 Å². The molecule has 1 unspecified atom stereocenters. The number of nitrogens with zero attached hydrogens (tertiary/aromatic N) is 1. The van der Waals surface area contributed by atoms with Gasteiger partial charge >= 0.3 is 0 Å². The van der Waals surface area contributed by atoms with E-state index in [0.717, 1.165) is 24.0 Å². The maximum Gasteiger partial charge on any atom is 0.234 e. The monoisotopic (exact) mass is 681 g/mol. The number of rotatable bonds is 13. The lowest BCUT2D eigenvalue weighted by atomic mass is 9.97. The number of ether oxygens (including phenoxy) is 6. The summed E-state index contributed by atoms with van der Waals surface area (Å²) in [4.78, 5) is 27.8. The zero-order valence-electron chi connectivity index (χ0n) is 29.0. The Bertz CT molecular complexity index is 1240. The molecule has 0 aliphatic carbocycles. The second-order valence-electron chi connectivity index (χ2n) is 13.1. The molecule has 2 amide bonds. The van der Waals surface area contributed by atoms with Crippen LogP contribution in [0.15, 0.2) is 60.7 Å². The third-order valence-electron chi connectivity index (χ3n) is 9.09. The zero-order valence-corrected chi connectivity index (χ0v) is 29.0. The number of unbranched alkanes of at least 4 members (excludes halogenated alkanes) is 7. The van der Waals surface area contributed by atoms with Gasteiger partial charge in [0.1, 0.15) is 24.4 Å². The number of nitrogens with one attached hydrogen (secondary N) is 2. The lowest BCUT2D eigenvalue weighted by Gasteiger charge is -2.49. The Labute approximate surface area is 291 Å². The van der Waals surface area contributed by atoms with Gasteiger partial charge < -0.3 is 39.1 Å². The summed E-state index contributed by atoms with van der Waals surface area (Å²) in [7, 11) is 0. The summed E-state index contributed by atoms with van der Waals surface area (Å²) >= 11 is 0. The molecular formula is C38H55N3O8. The molecule has 3 aliphatic heterocycles. The number of hydrogen-bond acceptors (Lipinski definition) is 9. The van der Waals surface area contributed by atoms with Gasteiger partial charge in [0, 0.05) is 31.8 Å². The highest BCUT2D eigenvalue weighted by Gasteiger charge is 2.51. The first-order valence-corrected chi connectivity index (χ1v) is 18.2. The topological polar surface area (TPSA) is 117 Å². The quantitative estimate of drug-likeness (QED) is 0.295. The largest absolute Gasteiger partial charge is 0.371 e. The summed E-state index contributed by atoms with van der Waals surface area (Å²) in [5.74, 6) is -0.367. The Hall–Kier alpha value is -2.90. The molecule has 3 saturated heterocycles. The minimum absolute atomic E-state index is 0.0801. The van der Waals surface area contributed by atoms with Gasteiger partial charge in [0.25, 0.3) is 0 Å². The van der Waals surface area contributed by atoms with Crippen molar-refractivity contribution in [3.05, 3.63) is 71.8 Å². The average molecular weight is 682 g/mol. The van der Waals surface area contributed by atoms with Crippen molar-refractivity contribution in [3.8, 4) is 0 Å². The summed E-state index contributed by atoms with van der Waals surface area (Å²) in [6, 6.07) is 19.6. The maximum absolute atomic E-state index is 13.0. The minimum Gasteiger partial charge on any atom is -0.371 e. The summed E-state index contributed by atoms with van der Waals surface area (Å²) in [6.45, 7) is 4.73. The molecule has 49 heavy (non-hydrogen) atoms. The highest BCUT2D eigenvalue weighted by Crippen LogP contribution is 2.36. The molecular weight excluding hydrogens is 626 g/mol. The predicted octanol–water partition coefficient (Wildman–Crippen LogP) is 4.50. The van der Waals surface area contributed by atoms with Crippen LogP contribution in [0, 0.1) is 0 Å². The molecule has 3 fully saturated rings. The van der Waals surface area contributed by atoms with Gasteiger partial charge in [-0.1, -0.05) is 113 Å². The molecule has 270 valence electrons. The third-order valence-corrected chi connectivity index (χ3v) is 9.09. The molecule has 2 aromatic rings. The predicted molar refractivity (Wildman–Crippen MR) is 184 cm³/mol. The van der Waals surface area contributed by atoms with Crippen LogP contribution in [0.25, 0.3) is 0 Å². The molecule has 3 heterocycles. The lowest BCUT2D eigenvalue weighted by molar-refractivity contribution is -0.370. The molecule has 0 spiro atoms. The van der Waals surface area contributed by atoms with Crippen LogP contribution >= 0.6 is 0 Å². The molecule has 11 nitrogen and oxygen atoms in total. The van der Waals surface area contributed by atoms with Crippen LogP contribution in [0.3, 0.4) is 0 Å². The summed E-state index contributed by atoms with van der Waals surface area (Å²) in [5.41, 5.74) is 1.92. The van der Waals surface area contributed by atoms with E-state index in [1.165, 1.54) is 38.5 Å². The first-order chi connectivity index (χ1) is 24.1. The first kappa shape index (κ1) is 37.4. The van der Waals surface area contributed by atoms with Gasteiger partial charge in [0.05, 0.1) is 32.9 Å². The van der Waals surface area contributed by atoms with Crippen LogP contribution < -0.4 is 10.6 Å². The van der Waals surface area contributed by atoms with Crippen LogP contribution in [0.1, 0.15) is 75.7 Å². The number of carbonyl (C=O) groups is 2. The summed E-state index contributed by atoms with van der Waals surface area (Å²) in [5, 5.41) is 5.91. The highest BCUT2D eigenvalue weighted by atomic mass is 16.8. The van der Waals surface area contributed by atoms with Crippen molar-refractivity contribution in [1.29, 1.82) is 0 Å². The molecule has 0 radical (unpaired) electrons. The van der Waals surface area contributed by atoms with E-state index in [4.69, 9.17) is 28.4 Å². The molecule has 0 aromatic heterocycles. The van der Waals surface area contributed by atoms with E-state index in [1.807, 2.05) is 65.6 Å². The van der Waals surface area contributed by atoms with Crippen molar-refractivity contribution in [1.82, 2.24) is 15.5 Å². The molecule has 0 bridgehead atoms. The van der Waals surface area contributed by atoms with Crippen molar-refractivity contribution in [2.45, 2.75) is 102 Å². The highest BCUT2D eigenvalue weighted by molar-refractivity contribution is 5.81. The number of benzene rings is 2. The van der Waals surface area contributed by atoms with E-state index in [2.05, 4.69) is 17.6 Å². The third kappa shape index (κ3) is 12.1. The number of carbonyl (C=O) groups excluding carboxylic acids is 2. The van der Waals surface area contributed by atoms with Crippen molar-refractivity contribution in [2.75, 3.05) is 52.6 Å². The van der Waals surface area contributed by atoms with Crippen molar-refractivity contribution >= 4 is 11.8 Å². The molecule has 0 saturated carbocycles. The van der Waals surface area contributed by atoms with Crippen molar-refractivity contribution < 1.29 is 38.0 Å². The van der Waals surface area contributed by atoms with Gasteiger partial charge in [-0.15, -0.1) is 0 Å². The smallest absolute Gasteiger partial charge is 0.234 e. The maximum atomic E-state index is 13.0. The Morgan fingerprint density at radius 1 is 0.714 bits per heavy atom. The van der Waals surface area contributed by atoms with E-state index < -0.39 is 37.0 Å². The average Bonchev–Trinajstić information content (AvgIpc) is 3.12. The number of fused-ring (bicyclic) bond motifs is 3. The standard InChI is InChI=1S/C38H55N3O8/c1-2-3-4-5-6-7-8-15-22-46-38-36-35(34-31(48-38)28-47-37(49-34)30-18-13-10-14-19-30)44-23-20-39-32(42)26-41(25-29-16-11-9-12-17-29)27-33(43)40-21-24-45-36/h9-14,16-19,31,34-38H,2-8,15,20-28H2,1H3,(H,39,42)(H,40,43)/t31-,34+,35+,36-,37?,38-/m1/s1. The number of amides is 2. The second-order valence-corrected chi connectivity index (χ2v) is 13.1. The first-order valence-electron chi connectivity index (χ1n) is 18.2.